The molecule has 0 N–H and O–H groups in total. The average molecular weight is 512 g/mol. The number of hydrogen-bond acceptors (Lipinski definition) is 2. The highest BCUT2D eigenvalue weighted by molar-refractivity contribution is 6.22. The van der Waals surface area contributed by atoms with Crippen LogP contribution in [0.2, 0.25) is 0 Å². The predicted octanol–water partition coefficient (Wildman–Crippen LogP) is 11.0. The molecule has 0 aliphatic heterocycles. The molecule has 0 aliphatic carbocycles. The molecule has 0 bridgehead atoms. The lowest BCUT2D eigenvalue weighted by Gasteiger charge is -2.28. The fraction of sp³-hybridized carbons (Fsp3) is 0. The summed E-state index contributed by atoms with van der Waals surface area (Å²) in [5.74, 6) is 0. The highest BCUT2D eigenvalue weighted by Gasteiger charge is 2.23. The first-order valence-electron chi connectivity index (χ1n) is 13.6. The van der Waals surface area contributed by atoms with Gasteiger partial charge in [0.05, 0.1) is 11.1 Å². The summed E-state index contributed by atoms with van der Waals surface area (Å²) in [5, 5.41) is 6.99. The first-order valence-corrected chi connectivity index (χ1v) is 13.6. The van der Waals surface area contributed by atoms with E-state index in [-0.39, 0.29) is 0 Å². The topological polar surface area (TPSA) is 16.4 Å². The number of fused-ring (bicyclic) bond motifs is 5. The van der Waals surface area contributed by atoms with Gasteiger partial charge in [-0.3, -0.25) is 0 Å². The Bertz CT molecular complexity index is 2170. The first-order chi connectivity index (χ1) is 19.8. The lowest BCUT2D eigenvalue weighted by molar-refractivity contribution is 0.669. The number of rotatable bonds is 4. The van der Waals surface area contributed by atoms with E-state index in [1.165, 1.54) is 27.3 Å². The molecule has 8 aromatic rings. The van der Waals surface area contributed by atoms with Gasteiger partial charge in [-0.2, -0.15) is 0 Å². The SMILES string of the molecule is c1ccc(-c2cccc(N(c3ccc4ccccc4c3)c3c4ccccc4cc4oc5ccccc5c34)c2)cc1. The van der Waals surface area contributed by atoms with E-state index in [9.17, 15) is 0 Å². The monoisotopic (exact) mass is 511 g/mol. The maximum absolute atomic E-state index is 6.46. The van der Waals surface area contributed by atoms with E-state index in [0.29, 0.717) is 0 Å². The van der Waals surface area contributed by atoms with Crippen LogP contribution in [0.4, 0.5) is 17.1 Å². The third kappa shape index (κ3) is 3.65. The summed E-state index contributed by atoms with van der Waals surface area (Å²) in [4.78, 5) is 2.41. The van der Waals surface area contributed by atoms with E-state index in [1.54, 1.807) is 0 Å². The molecule has 0 aliphatic rings. The highest BCUT2D eigenvalue weighted by atomic mass is 16.3. The summed E-state index contributed by atoms with van der Waals surface area (Å²) in [6, 6.07) is 53.8. The maximum Gasteiger partial charge on any atom is 0.138 e. The molecule has 0 fully saturated rings. The van der Waals surface area contributed by atoms with Crippen LogP contribution in [0.15, 0.2) is 156 Å². The third-order valence-electron chi connectivity index (χ3n) is 7.79. The molecule has 8 rings (SSSR count). The normalized spacial score (nSPS) is 11.5. The first kappa shape index (κ1) is 22.6. The smallest absolute Gasteiger partial charge is 0.138 e. The third-order valence-corrected chi connectivity index (χ3v) is 7.79. The minimum atomic E-state index is 0.889. The minimum absolute atomic E-state index is 0.889. The van der Waals surface area contributed by atoms with Crippen LogP contribution in [-0.4, -0.2) is 0 Å². The molecule has 0 amide bonds. The van der Waals surface area contributed by atoms with Gasteiger partial charge in [-0.25, -0.2) is 0 Å². The van der Waals surface area contributed by atoms with Gasteiger partial charge < -0.3 is 9.32 Å². The van der Waals surface area contributed by atoms with Crippen LogP contribution in [-0.2, 0) is 0 Å². The highest BCUT2D eigenvalue weighted by Crippen LogP contribution is 2.47. The van der Waals surface area contributed by atoms with Crippen LogP contribution in [0.1, 0.15) is 0 Å². The second-order valence-corrected chi connectivity index (χ2v) is 10.2. The van der Waals surface area contributed by atoms with Crippen molar-refractivity contribution in [2.45, 2.75) is 0 Å². The van der Waals surface area contributed by atoms with Crippen LogP contribution in [0, 0.1) is 0 Å². The van der Waals surface area contributed by atoms with Crippen LogP contribution >= 0.6 is 0 Å². The van der Waals surface area contributed by atoms with Crippen LogP contribution in [0.3, 0.4) is 0 Å². The molecule has 0 saturated heterocycles. The molecule has 0 radical (unpaired) electrons. The molecule has 0 saturated carbocycles. The fourth-order valence-corrected chi connectivity index (χ4v) is 5.94. The van der Waals surface area contributed by atoms with Gasteiger partial charge in [0.2, 0.25) is 0 Å². The zero-order valence-electron chi connectivity index (χ0n) is 21.8. The van der Waals surface area contributed by atoms with Crippen molar-refractivity contribution < 1.29 is 4.42 Å². The van der Waals surface area contributed by atoms with E-state index in [1.807, 2.05) is 6.07 Å². The number of nitrogens with zero attached hydrogens (tertiary/aromatic N) is 1. The molecule has 40 heavy (non-hydrogen) atoms. The maximum atomic E-state index is 6.46. The lowest BCUT2D eigenvalue weighted by atomic mass is 9.99. The van der Waals surface area contributed by atoms with Gasteiger partial charge >= 0.3 is 0 Å². The average Bonchev–Trinajstić information content (AvgIpc) is 3.39. The van der Waals surface area contributed by atoms with Gasteiger partial charge in [-0.05, 0) is 63.7 Å². The quantitative estimate of drug-likeness (QED) is 0.234. The summed E-state index contributed by atoms with van der Waals surface area (Å²) in [6.07, 6.45) is 0. The largest absolute Gasteiger partial charge is 0.456 e. The van der Waals surface area contributed by atoms with E-state index in [4.69, 9.17) is 4.42 Å². The van der Waals surface area contributed by atoms with Crippen LogP contribution in [0.25, 0.3) is 54.6 Å². The summed E-state index contributed by atoms with van der Waals surface area (Å²) < 4.78 is 6.46. The molecule has 188 valence electrons. The Kier molecular flexibility index (Phi) is 5.17. The number of hydrogen-bond donors (Lipinski definition) is 0. The van der Waals surface area contributed by atoms with Crippen molar-refractivity contribution in [1.82, 2.24) is 0 Å². The number of furan rings is 1. The van der Waals surface area contributed by atoms with E-state index >= 15 is 0 Å². The Morgan fingerprint density at radius 3 is 1.95 bits per heavy atom. The number of benzene rings is 7. The van der Waals surface area contributed by atoms with E-state index in [0.717, 1.165) is 44.4 Å². The Hall–Kier alpha value is -5.34. The Morgan fingerprint density at radius 2 is 1.07 bits per heavy atom. The summed E-state index contributed by atoms with van der Waals surface area (Å²) >= 11 is 0. The van der Waals surface area contributed by atoms with E-state index < -0.39 is 0 Å². The van der Waals surface area contributed by atoms with Crippen molar-refractivity contribution in [3.05, 3.63) is 152 Å². The molecule has 2 nitrogen and oxygen atoms in total. The Balaban J connectivity index is 1.50. The van der Waals surface area contributed by atoms with Crippen molar-refractivity contribution in [3.63, 3.8) is 0 Å². The van der Waals surface area contributed by atoms with Gasteiger partial charge in [0.25, 0.3) is 0 Å². The molecule has 2 heteroatoms. The second-order valence-electron chi connectivity index (χ2n) is 10.2. The van der Waals surface area contributed by atoms with Crippen LogP contribution < -0.4 is 4.90 Å². The fourth-order valence-electron chi connectivity index (χ4n) is 5.94. The lowest BCUT2D eigenvalue weighted by Crippen LogP contribution is -2.11. The van der Waals surface area contributed by atoms with Crippen molar-refractivity contribution in [2.75, 3.05) is 4.90 Å². The van der Waals surface area contributed by atoms with Gasteiger partial charge in [-0.1, -0.05) is 115 Å². The zero-order chi connectivity index (χ0) is 26.5. The Labute approximate surface area is 232 Å². The summed E-state index contributed by atoms with van der Waals surface area (Å²) in [5.41, 5.74) is 7.48. The van der Waals surface area contributed by atoms with Gasteiger partial charge in [-0.15, -0.1) is 0 Å². The standard InChI is InChI=1S/C38H25NO/c1-2-11-26(12-3-1)29-16-10-17-31(23-29)39(32-22-21-27-13-4-5-14-28(27)24-32)38-33-18-7-6-15-30(33)25-36-37(38)34-19-8-9-20-35(34)40-36/h1-25H. The molecule has 1 aromatic heterocycles. The van der Waals surface area contributed by atoms with Crippen LogP contribution in [0.5, 0.6) is 0 Å². The van der Waals surface area contributed by atoms with Crippen molar-refractivity contribution in [3.8, 4) is 11.1 Å². The molecule has 7 aromatic carbocycles. The van der Waals surface area contributed by atoms with Gasteiger partial charge in [0, 0.05) is 22.1 Å². The second kappa shape index (κ2) is 9.14. The molecular weight excluding hydrogens is 486 g/mol. The molecule has 0 unspecified atom stereocenters. The van der Waals surface area contributed by atoms with Crippen molar-refractivity contribution in [1.29, 1.82) is 0 Å². The minimum Gasteiger partial charge on any atom is -0.456 e. The van der Waals surface area contributed by atoms with E-state index in [2.05, 4.69) is 150 Å². The number of anilines is 3. The molecule has 0 spiro atoms. The van der Waals surface area contributed by atoms with Crippen molar-refractivity contribution in [2.24, 2.45) is 0 Å². The Morgan fingerprint density at radius 1 is 0.400 bits per heavy atom. The molecule has 1 heterocycles. The van der Waals surface area contributed by atoms with Crippen molar-refractivity contribution >= 4 is 60.5 Å². The van der Waals surface area contributed by atoms with Gasteiger partial charge in [0.15, 0.2) is 0 Å². The summed E-state index contributed by atoms with van der Waals surface area (Å²) in [7, 11) is 0. The number of para-hydroxylation sites is 1. The molecule has 0 atom stereocenters. The molecular formula is C38H25NO. The predicted molar refractivity (Wildman–Crippen MR) is 169 cm³/mol. The zero-order valence-corrected chi connectivity index (χ0v) is 21.8. The summed E-state index contributed by atoms with van der Waals surface area (Å²) in [6.45, 7) is 0. The van der Waals surface area contributed by atoms with Gasteiger partial charge in [0.1, 0.15) is 11.2 Å².